The summed E-state index contributed by atoms with van der Waals surface area (Å²) in [6.45, 7) is 1.03. The summed E-state index contributed by atoms with van der Waals surface area (Å²) in [6, 6.07) is 6.59. The molecule has 0 heterocycles. The molecule has 1 nitrogen and oxygen atoms in total. The maximum atomic E-state index is 6.35. The molecule has 0 atom stereocenters. The fourth-order valence-electron chi connectivity index (χ4n) is 2.75. The second kappa shape index (κ2) is 4.46. The van der Waals surface area contributed by atoms with E-state index < -0.39 is 0 Å². The Kier molecular flexibility index (Phi) is 3.10. The van der Waals surface area contributed by atoms with Crippen LogP contribution in [-0.2, 0) is 5.41 Å². The molecule has 0 radical (unpaired) electrons. The van der Waals surface area contributed by atoms with E-state index in [0.717, 1.165) is 22.6 Å². The van der Waals surface area contributed by atoms with Gasteiger partial charge in [0.1, 0.15) is 0 Å². The summed E-state index contributed by atoms with van der Waals surface area (Å²) < 4.78 is 0. The lowest BCUT2D eigenvalue weighted by molar-refractivity contribution is 0.233. The lowest BCUT2D eigenvalue weighted by Gasteiger charge is -2.43. The van der Waals surface area contributed by atoms with Crippen molar-refractivity contribution in [2.45, 2.75) is 43.6 Å². The molecule has 0 bridgehead atoms. The predicted molar refractivity (Wildman–Crippen MR) is 73.0 cm³/mol. The molecule has 3 rings (SSSR count). The molecule has 0 aromatic heterocycles. The van der Waals surface area contributed by atoms with Gasteiger partial charge in [-0.1, -0.05) is 35.7 Å². The van der Waals surface area contributed by atoms with Crippen LogP contribution in [0.25, 0.3) is 0 Å². The fourth-order valence-corrected chi connectivity index (χ4v) is 3.55. The molecule has 0 unspecified atom stereocenters. The number of nitrogens with one attached hydrogen (secondary N) is 1. The smallest absolute Gasteiger partial charge is 0.0459 e. The second-order valence-electron chi connectivity index (χ2n) is 5.39. The minimum absolute atomic E-state index is 0.192. The number of halogens is 2. The summed E-state index contributed by atoms with van der Waals surface area (Å²) in [7, 11) is 0. The van der Waals surface area contributed by atoms with Crippen molar-refractivity contribution in [3.05, 3.63) is 33.8 Å². The van der Waals surface area contributed by atoms with Crippen molar-refractivity contribution < 1.29 is 0 Å². The Bertz CT molecular complexity index is 402. The summed E-state index contributed by atoms with van der Waals surface area (Å²) in [6.07, 6.45) is 6.35. The molecule has 3 heteroatoms. The van der Waals surface area contributed by atoms with Gasteiger partial charge in [0.05, 0.1) is 0 Å². The first-order valence-electron chi connectivity index (χ1n) is 6.39. The van der Waals surface area contributed by atoms with Crippen molar-refractivity contribution in [3.63, 3.8) is 0 Å². The van der Waals surface area contributed by atoms with Crippen LogP contribution in [0.5, 0.6) is 0 Å². The fraction of sp³-hybridized carbons (Fsp3) is 0.571. The highest BCUT2D eigenvalue weighted by Gasteiger charge is 2.42. The van der Waals surface area contributed by atoms with E-state index in [1.165, 1.54) is 37.7 Å². The number of rotatable bonds is 4. The minimum Gasteiger partial charge on any atom is -0.313 e. The van der Waals surface area contributed by atoms with E-state index in [0.29, 0.717) is 0 Å². The van der Waals surface area contributed by atoms with E-state index >= 15 is 0 Å². The molecule has 0 saturated heterocycles. The molecule has 92 valence electrons. The monoisotopic (exact) mass is 269 g/mol. The van der Waals surface area contributed by atoms with Crippen LogP contribution in [0.2, 0.25) is 10.0 Å². The van der Waals surface area contributed by atoms with E-state index in [4.69, 9.17) is 23.2 Å². The van der Waals surface area contributed by atoms with Gasteiger partial charge >= 0.3 is 0 Å². The normalized spacial score (nSPS) is 22.2. The van der Waals surface area contributed by atoms with E-state index in [9.17, 15) is 0 Å². The molecule has 2 saturated carbocycles. The molecule has 1 N–H and O–H groups in total. The zero-order chi connectivity index (χ0) is 11.9. The highest BCUT2D eigenvalue weighted by Crippen LogP contribution is 2.48. The quantitative estimate of drug-likeness (QED) is 0.866. The van der Waals surface area contributed by atoms with Gasteiger partial charge in [0.2, 0.25) is 0 Å². The van der Waals surface area contributed by atoms with Gasteiger partial charge in [-0.3, -0.25) is 0 Å². The standard InChI is InChI=1S/C14H17Cl2N/c15-11-3-1-4-12(16)13(11)14(7-2-8-14)9-17-10-5-6-10/h1,3-4,10,17H,2,5-9H2. The largest absolute Gasteiger partial charge is 0.313 e. The van der Waals surface area contributed by atoms with Crippen LogP contribution in [0, 0.1) is 0 Å². The Labute approximate surface area is 112 Å². The van der Waals surface area contributed by atoms with Gasteiger partial charge in [0.15, 0.2) is 0 Å². The van der Waals surface area contributed by atoms with Gasteiger partial charge < -0.3 is 5.32 Å². The van der Waals surface area contributed by atoms with E-state index in [1.54, 1.807) is 0 Å². The van der Waals surface area contributed by atoms with Gasteiger partial charge in [-0.15, -0.1) is 0 Å². The Hall–Kier alpha value is -0.240. The van der Waals surface area contributed by atoms with Crippen LogP contribution in [0.1, 0.15) is 37.7 Å². The first-order chi connectivity index (χ1) is 8.21. The Morgan fingerprint density at radius 1 is 1.18 bits per heavy atom. The van der Waals surface area contributed by atoms with Crippen LogP contribution in [0.3, 0.4) is 0 Å². The average Bonchev–Trinajstić information content (AvgIpc) is 3.03. The zero-order valence-electron chi connectivity index (χ0n) is 9.81. The molecule has 2 aliphatic carbocycles. The Morgan fingerprint density at radius 2 is 1.82 bits per heavy atom. The van der Waals surface area contributed by atoms with Crippen LogP contribution < -0.4 is 5.32 Å². The SMILES string of the molecule is Clc1cccc(Cl)c1C1(CNC2CC2)CCC1. The molecule has 2 aliphatic rings. The maximum Gasteiger partial charge on any atom is 0.0459 e. The van der Waals surface area contributed by atoms with E-state index in [1.807, 2.05) is 18.2 Å². The Morgan fingerprint density at radius 3 is 2.29 bits per heavy atom. The van der Waals surface area contributed by atoms with Crippen molar-refractivity contribution in [2.24, 2.45) is 0 Å². The van der Waals surface area contributed by atoms with Crippen molar-refractivity contribution in [3.8, 4) is 0 Å². The molecular weight excluding hydrogens is 253 g/mol. The topological polar surface area (TPSA) is 12.0 Å². The van der Waals surface area contributed by atoms with Gasteiger partial charge in [-0.25, -0.2) is 0 Å². The van der Waals surface area contributed by atoms with Crippen LogP contribution >= 0.6 is 23.2 Å². The molecular formula is C14H17Cl2N. The molecule has 0 amide bonds. The third-order valence-corrected chi connectivity index (χ3v) is 4.74. The third-order valence-electron chi connectivity index (χ3n) is 4.11. The molecule has 0 aliphatic heterocycles. The summed E-state index contributed by atoms with van der Waals surface area (Å²) in [5.41, 5.74) is 1.36. The highest BCUT2D eigenvalue weighted by molar-refractivity contribution is 6.36. The Balaban J connectivity index is 1.87. The van der Waals surface area contributed by atoms with Gasteiger partial charge in [0, 0.05) is 28.0 Å². The van der Waals surface area contributed by atoms with Crippen molar-refractivity contribution in [1.29, 1.82) is 0 Å². The van der Waals surface area contributed by atoms with E-state index in [-0.39, 0.29) is 5.41 Å². The van der Waals surface area contributed by atoms with Crippen LogP contribution in [-0.4, -0.2) is 12.6 Å². The van der Waals surface area contributed by atoms with Crippen molar-refractivity contribution in [1.82, 2.24) is 5.32 Å². The van der Waals surface area contributed by atoms with Gasteiger partial charge in [-0.05, 0) is 43.4 Å². The lowest BCUT2D eigenvalue weighted by atomic mass is 9.64. The summed E-state index contributed by atoms with van der Waals surface area (Å²) in [5.74, 6) is 0. The van der Waals surface area contributed by atoms with E-state index in [2.05, 4.69) is 5.32 Å². The number of hydrogen-bond acceptors (Lipinski definition) is 1. The minimum atomic E-state index is 0.192. The average molecular weight is 270 g/mol. The number of benzene rings is 1. The van der Waals surface area contributed by atoms with Crippen molar-refractivity contribution >= 4 is 23.2 Å². The first kappa shape index (κ1) is 11.8. The van der Waals surface area contributed by atoms with Crippen LogP contribution in [0.4, 0.5) is 0 Å². The first-order valence-corrected chi connectivity index (χ1v) is 7.15. The molecule has 0 spiro atoms. The van der Waals surface area contributed by atoms with Crippen molar-refractivity contribution in [2.75, 3.05) is 6.54 Å². The van der Waals surface area contributed by atoms with Crippen LogP contribution in [0.15, 0.2) is 18.2 Å². The molecule has 17 heavy (non-hydrogen) atoms. The van der Waals surface area contributed by atoms with Gasteiger partial charge in [-0.2, -0.15) is 0 Å². The zero-order valence-corrected chi connectivity index (χ0v) is 11.3. The molecule has 1 aromatic rings. The highest BCUT2D eigenvalue weighted by atomic mass is 35.5. The summed E-state index contributed by atoms with van der Waals surface area (Å²) in [4.78, 5) is 0. The second-order valence-corrected chi connectivity index (χ2v) is 6.20. The van der Waals surface area contributed by atoms with Gasteiger partial charge in [0.25, 0.3) is 0 Å². The predicted octanol–water partition coefficient (Wildman–Crippen LogP) is 4.17. The third kappa shape index (κ3) is 2.21. The lowest BCUT2D eigenvalue weighted by Crippen LogP contribution is -2.44. The maximum absolute atomic E-state index is 6.35. The molecule has 2 fully saturated rings. The summed E-state index contributed by atoms with van der Waals surface area (Å²) >= 11 is 12.7. The molecule has 1 aromatic carbocycles. The summed E-state index contributed by atoms with van der Waals surface area (Å²) in [5, 5.41) is 5.29. The number of hydrogen-bond donors (Lipinski definition) is 1.